The maximum absolute atomic E-state index is 11.5. The molecule has 6 heteroatoms. The molecule has 0 fully saturated rings. The summed E-state index contributed by atoms with van der Waals surface area (Å²) in [5.74, 6) is -0.620. The molecular weight excluding hydrogens is 351 g/mol. The number of methoxy groups -OCH3 is 2. The number of carbonyl (C=O) groups is 1. The van der Waals surface area contributed by atoms with E-state index < -0.39 is 5.97 Å². The molecule has 100 valence electrons. The molecule has 1 aromatic carbocycles. The van der Waals surface area contributed by atoms with Gasteiger partial charge >= 0.3 is 5.97 Å². The summed E-state index contributed by atoms with van der Waals surface area (Å²) in [7, 11) is 2.82. The molecule has 1 N–H and O–H groups in total. The number of phenols is 1. The van der Waals surface area contributed by atoms with E-state index in [0.717, 1.165) is 5.56 Å². The Hall–Kier alpha value is -0.860. The van der Waals surface area contributed by atoms with Crippen LogP contribution in [0, 0.1) is 10.5 Å². The Morgan fingerprint density at radius 1 is 1.44 bits per heavy atom. The second kappa shape index (κ2) is 6.91. The summed E-state index contributed by atoms with van der Waals surface area (Å²) < 4.78 is 15.2. The first-order valence-electron chi connectivity index (χ1n) is 5.18. The van der Waals surface area contributed by atoms with Crippen LogP contribution in [-0.4, -0.2) is 32.1 Å². The summed E-state index contributed by atoms with van der Waals surface area (Å²) in [6.45, 7) is 2.22. The number of halogens is 1. The molecule has 0 amide bonds. The molecule has 0 radical (unpaired) electrons. The summed E-state index contributed by atoms with van der Waals surface area (Å²) >= 11 is 1.97. The molecule has 0 aliphatic heterocycles. The number of hydrogen-bond donors (Lipinski definition) is 1. The average molecular weight is 366 g/mol. The third kappa shape index (κ3) is 3.33. The van der Waals surface area contributed by atoms with Crippen molar-refractivity contribution in [2.75, 3.05) is 21.0 Å². The van der Waals surface area contributed by atoms with Crippen molar-refractivity contribution in [1.82, 2.24) is 0 Å². The normalized spacial score (nSPS) is 10.4. The fourth-order valence-electron chi connectivity index (χ4n) is 1.55. The lowest BCUT2D eigenvalue weighted by Crippen LogP contribution is -2.08. The van der Waals surface area contributed by atoms with Gasteiger partial charge in [0.05, 0.1) is 17.3 Å². The monoisotopic (exact) mass is 366 g/mol. The summed E-state index contributed by atoms with van der Waals surface area (Å²) in [6, 6.07) is 1.80. The van der Waals surface area contributed by atoms with E-state index in [1.54, 1.807) is 13.0 Å². The van der Waals surface area contributed by atoms with Gasteiger partial charge in [-0.05, 0) is 40.6 Å². The Balaban J connectivity index is 3.08. The van der Waals surface area contributed by atoms with Gasteiger partial charge in [0.25, 0.3) is 0 Å². The van der Waals surface area contributed by atoms with E-state index in [4.69, 9.17) is 9.47 Å². The zero-order valence-corrected chi connectivity index (χ0v) is 12.6. The van der Waals surface area contributed by atoms with Gasteiger partial charge in [-0.3, -0.25) is 0 Å². The lowest BCUT2D eigenvalue weighted by molar-refractivity contribution is -0.0393. The second-order valence-corrected chi connectivity index (χ2v) is 4.72. The van der Waals surface area contributed by atoms with E-state index in [0.29, 0.717) is 15.7 Å². The Morgan fingerprint density at radius 3 is 2.67 bits per heavy atom. The summed E-state index contributed by atoms with van der Waals surface area (Å²) in [5, 5.41) is 10.0. The van der Waals surface area contributed by atoms with Crippen LogP contribution < -0.4 is 0 Å². The lowest BCUT2D eigenvalue weighted by atomic mass is 10.0. The molecule has 0 aromatic heterocycles. The molecule has 1 aromatic rings. The van der Waals surface area contributed by atoms with Crippen molar-refractivity contribution >= 4 is 28.6 Å². The van der Waals surface area contributed by atoms with Gasteiger partial charge in [-0.25, -0.2) is 4.79 Å². The third-order valence-corrected chi connectivity index (χ3v) is 3.56. The van der Waals surface area contributed by atoms with Crippen LogP contribution in [0.5, 0.6) is 5.75 Å². The standard InChI is InChI=1S/C12H15IO5/c1-7-4-8(5-18-6-16-2)10(13)11(14)9(7)12(15)17-3/h4,14H,5-6H2,1-3H3. The number of ether oxygens (including phenoxy) is 3. The van der Waals surface area contributed by atoms with E-state index in [1.165, 1.54) is 14.2 Å². The maximum atomic E-state index is 11.5. The van der Waals surface area contributed by atoms with Crippen LogP contribution >= 0.6 is 22.6 Å². The largest absolute Gasteiger partial charge is 0.506 e. The Kier molecular flexibility index (Phi) is 5.83. The van der Waals surface area contributed by atoms with E-state index >= 15 is 0 Å². The smallest absolute Gasteiger partial charge is 0.341 e. The zero-order chi connectivity index (χ0) is 13.7. The van der Waals surface area contributed by atoms with Gasteiger partial charge in [0.15, 0.2) is 0 Å². The highest BCUT2D eigenvalue weighted by Crippen LogP contribution is 2.31. The predicted octanol–water partition coefficient (Wildman–Crippen LogP) is 2.21. The molecule has 0 unspecified atom stereocenters. The Bertz CT molecular complexity index is 445. The van der Waals surface area contributed by atoms with Crippen LogP contribution in [-0.2, 0) is 20.8 Å². The fraction of sp³-hybridized carbons (Fsp3) is 0.417. The van der Waals surface area contributed by atoms with E-state index in [-0.39, 0.29) is 18.1 Å². The van der Waals surface area contributed by atoms with Crippen molar-refractivity contribution in [3.8, 4) is 5.75 Å². The minimum atomic E-state index is -0.549. The van der Waals surface area contributed by atoms with E-state index in [2.05, 4.69) is 4.74 Å². The summed E-state index contributed by atoms with van der Waals surface area (Å²) in [5.41, 5.74) is 1.64. The SMILES string of the molecule is COCOCc1cc(C)c(C(=O)OC)c(O)c1I. The second-order valence-electron chi connectivity index (χ2n) is 3.64. The lowest BCUT2D eigenvalue weighted by Gasteiger charge is -2.13. The highest BCUT2D eigenvalue weighted by molar-refractivity contribution is 14.1. The average Bonchev–Trinajstić information content (AvgIpc) is 2.35. The molecule has 0 spiro atoms. The Morgan fingerprint density at radius 2 is 2.11 bits per heavy atom. The van der Waals surface area contributed by atoms with Crippen LogP contribution in [0.1, 0.15) is 21.5 Å². The minimum absolute atomic E-state index is 0.0709. The third-order valence-electron chi connectivity index (χ3n) is 2.36. The molecule has 1 rings (SSSR count). The van der Waals surface area contributed by atoms with Gasteiger partial charge in [-0.1, -0.05) is 6.07 Å². The van der Waals surface area contributed by atoms with Gasteiger partial charge in [0.2, 0.25) is 0 Å². The first kappa shape index (κ1) is 15.2. The number of aryl methyl sites for hydroxylation is 1. The van der Waals surface area contributed by atoms with Gasteiger partial charge in [-0.2, -0.15) is 0 Å². The number of benzene rings is 1. The topological polar surface area (TPSA) is 65.0 Å². The number of aromatic hydroxyl groups is 1. The van der Waals surface area contributed by atoms with Gasteiger partial charge < -0.3 is 19.3 Å². The van der Waals surface area contributed by atoms with Crippen LogP contribution in [0.3, 0.4) is 0 Å². The molecule has 0 aliphatic carbocycles. The van der Waals surface area contributed by atoms with Crippen LogP contribution in [0.2, 0.25) is 0 Å². The first-order valence-corrected chi connectivity index (χ1v) is 6.26. The highest BCUT2D eigenvalue weighted by atomic mass is 127. The van der Waals surface area contributed by atoms with Crippen molar-refractivity contribution < 1.29 is 24.1 Å². The molecule has 0 saturated heterocycles. The van der Waals surface area contributed by atoms with Gasteiger partial charge in [-0.15, -0.1) is 0 Å². The molecule has 0 bridgehead atoms. The number of rotatable bonds is 5. The van der Waals surface area contributed by atoms with Gasteiger partial charge in [0, 0.05) is 7.11 Å². The van der Waals surface area contributed by atoms with Crippen molar-refractivity contribution in [2.24, 2.45) is 0 Å². The van der Waals surface area contributed by atoms with Crippen LogP contribution in [0.25, 0.3) is 0 Å². The molecule has 18 heavy (non-hydrogen) atoms. The van der Waals surface area contributed by atoms with Crippen LogP contribution in [0.15, 0.2) is 6.07 Å². The molecular formula is C12H15IO5. The quantitative estimate of drug-likeness (QED) is 0.375. The molecule has 0 aliphatic rings. The van der Waals surface area contributed by atoms with Crippen LogP contribution in [0.4, 0.5) is 0 Å². The molecule has 0 atom stereocenters. The maximum Gasteiger partial charge on any atom is 0.341 e. The number of hydrogen-bond acceptors (Lipinski definition) is 5. The van der Waals surface area contributed by atoms with Crippen molar-refractivity contribution in [3.05, 3.63) is 26.3 Å². The highest BCUT2D eigenvalue weighted by Gasteiger charge is 2.20. The van der Waals surface area contributed by atoms with Gasteiger partial charge in [0.1, 0.15) is 18.1 Å². The number of phenolic OH excluding ortho intramolecular Hbond substituents is 1. The zero-order valence-electron chi connectivity index (χ0n) is 10.4. The predicted molar refractivity (Wildman–Crippen MR) is 73.6 cm³/mol. The van der Waals surface area contributed by atoms with Crippen molar-refractivity contribution in [3.63, 3.8) is 0 Å². The molecule has 0 heterocycles. The summed E-state index contributed by atoms with van der Waals surface area (Å²) in [6.07, 6.45) is 0. The fourth-order valence-corrected chi connectivity index (χ4v) is 2.13. The Labute approximate surface area is 119 Å². The molecule has 0 saturated carbocycles. The number of carbonyl (C=O) groups excluding carboxylic acids is 1. The minimum Gasteiger partial charge on any atom is -0.506 e. The van der Waals surface area contributed by atoms with Crippen molar-refractivity contribution in [2.45, 2.75) is 13.5 Å². The van der Waals surface area contributed by atoms with Crippen molar-refractivity contribution in [1.29, 1.82) is 0 Å². The van der Waals surface area contributed by atoms with E-state index in [1.807, 2.05) is 22.6 Å². The first-order chi connectivity index (χ1) is 8.52. The summed E-state index contributed by atoms with van der Waals surface area (Å²) in [4.78, 5) is 11.5. The molecule has 5 nitrogen and oxygen atoms in total. The number of esters is 1. The van der Waals surface area contributed by atoms with E-state index in [9.17, 15) is 9.90 Å².